The number of likely N-dealkylation sites (tertiary alicyclic amines) is 2. The van der Waals surface area contributed by atoms with Crippen molar-refractivity contribution in [3.05, 3.63) is 65.5 Å². The lowest BCUT2D eigenvalue weighted by molar-refractivity contribution is -0.138. The summed E-state index contributed by atoms with van der Waals surface area (Å²) in [6.07, 6.45) is 0.853. The van der Waals surface area contributed by atoms with Gasteiger partial charge in [0.1, 0.15) is 17.9 Å². The van der Waals surface area contributed by atoms with Crippen LogP contribution in [0.25, 0.3) is 0 Å². The van der Waals surface area contributed by atoms with E-state index in [4.69, 9.17) is 0 Å². The maximum Gasteiger partial charge on any atom is 0.254 e. The Morgan fingerprint density at radius 1 is 1.05 bits per heavy atom. The van der Waals surface area contributed by atoms with E-state index in [1.54, 1.807) is 12.1 Å². The first-order valence-electron chi connectivity index (χ1n) is 12.5. The fourth-order valence-corrected chi connectivity index (χ4v) is 5.17. The minimum Gasteiger partial charge on any atom is -0.378 e. The highest BCUT2D eigenvalue weighted by Crippen LogP contribution is 2.32. The van der Waals surface area contributed by atoms with E-state index < -0.39 is 29.8 Å². The predicted octanol–water partition coefficient (Wildman–Crippen LogP) is 2.73. The second-order valence-electron chi connectivity index (χ2n) is 10.3. The van der Waals surface area contributed by atoms with E-state index in [1.165, 1.54) is 28.0 Å². The number of ketones is 1. The summed E-state index contributed by atoms with van der Waals surface area (Å²) in [4.78, 5) is 57.6. The first kappa shape index (κ1) is 26.3. The maximum atomic E-state index is 13.7. The van der Waals surface area contributed by atoms with Crippen molar-refractivity contribution in [1.82, 2.24) is 15.1 Å². The van der Waals surface area contributed by atoms with Crippen molar-refractivity contribution in [3.63, 3.8) is 0 Å². The summed E-state index contributed by atoms with van der Waals surface area (Å²) >= 11 is 0. The number of rotatable bonds is 7. The van der Waals surface area contributed by atoms with Gasteiger partial charge in [-0.2, -0.15) is 0 Å². The second-order valence-corrected chi connectivity index (χ2v) is 10.3. The topological polar surface area (TPSA) is 90.0 Å². The molecule has 0 saturated carbocycles. The molecule has 0 spiro atoms. The number of hydrogen-bond donors (Lipinski definition) is 1. The van der Waals surface area contributed by atoms with Crippen LogP contribution in [0.3, 0.4) is 0 Å². The molecule has 37 heavy (non-hydrogen) atoms. The molecule has 3 atom stereocenters. The van der Waals surface area contributed by atoms with Gasteiger partial charge in [0.15, 0.2) is 5.78 Å². The molecule has 4 rings (SSSR count). The molecule has 0 aliphatic carbocycles. The van der Waals surface area contributed by atoms with Crippen LogP contribution in [0.1, 0.15) is 47.4 Å². The first-order valence-corrected chi connectivity index (χ1v) is 12.5. The largest absolute Gasteiger partial charge is 0.378 e. The van der Waals surface area contributed by atoms with E-state index in [2.05, 4.69) is 5.32 Å². The molecule has 0 aromatic heterocycles. The Bertz CT molecular complexity index is 1200. The molecule has 2 saturated heterocycles. The summed E-state index contributed by atoms with van der Waals surface area (Å²) in [5.41, 5.74) is 1.56. The Morgan fingerprint density at radius 2 is 1.76 bits per heavy atom. The van der Waals surface area contributed by atoms with Gasteiger partial charge in [-0.3, -0.25) is 19.2 Å². The standard InChI is InChI=1S/C28H33FN4O4/c1-17(2)14-22(30-26(35)18-8-10-21(11-9-18)31(3)4)28(37)32-13-12-23-25(32)24(34)16-33(23)27(36)19-6-5-7-20(29)15-19/h5-11,15,17,22-23,25H,12-14,16H2,1-4H3,(H,30,35)/t22-,23?,25?/m0/s1. The Morgan fingerprint density at radius 3 is 2.38 bits per heavy atom. The van der Waals surface area contributed by atoms with Crippen molar-refractivity contribution in [2.75, 3.05) is 32.1 Å². The third kappa shape index (κ3) is 5.50. The van der Waals surface area contributed by atoms with E-state index in [0.29, 0.717) is 24.9 Å². The summed E-state index contributed by atoms with van der Waals surface area (Å²) in [7, 11) is 3.82. The summed E-state index contributed by atoms with van der Waals surface area (Å²) in [5.74, 6) is -1.75. The number of nitrogens with zero attached hydrogens (tertiary/aromatic N) is 3. The number of benzene rings is 2. The summed E-state index contributed by atoms with van der Waals surface area (Å²) in [6, 6.07) is 10.4. The molecule has 1 N–H and O–H groups in total. The molecule has 2 aromatic rings. The van der Waals surface area contributed by atoms with Crippen LogP contribution < -0.4 is 10.2 Å². The third-order valence-corrected chi connectivity index (χ3v) is 6.99. The van der Waals surface area contributed by atoms with E-state index in [1.807, 2.05) is 45.0 Å². The van der Waals surface area contributed by atoms with Crippen LogP contribution in [0.5, 0.6) is 0 Å². The number of halogens is 1. The lowest BCUT2D eigenvalue weighted by Crippen LogP contribution is -2.53. The van der Waals surface area contributed by atoms with Gasteiger partial charge in [0.25, 0.3) is 11.8 Å². The average Bonchev–Trinajstić information content (AvgIpc) is 3.43. The maximum absolute atomic E-state index is 13.7. The molecule has 0 bridgehead atoms. The van der Waals surface area contributed by atoms with Crippen LogP contribution in [0.15, 0.2) is 48.5 Å². The number of carbonyl (C=O) groups excluding carboxylic acids is 4. The second kappa shape index (κ2) is 10.7. The summed E-state index contributed by atoms with van der Waals surface area (Å²) < 4.78 is 13.7. The van der Waals surface area contributed by atoms with Crippen molar-refractivity contribution in [3.8, 4) is 0 Å². The van der Waals surface area contributed by atoms with E-state index in [-0.39, 0.29) is 35.6 Å². The van der Waals surface area contributed by atoms with Crippen molar-refractivity contribution in [2.24, 2.45) is 5.92 Å². The normalized spacial score (nSPS) is 19.7. The van der Waals surface area contributed by atoms with Gasteiger partial charge in [0, 0.05) is 37.5 Å². The van der Waals surface area contributed by atoms with Crippen LogP contribution in [-0.2, 0) is 9.59 Å². The Labute approximate surface area is 216 Å². The highest BCUT2D eigenvalue weighted by molar-refractivity contribution is 6.03. The molecule has 2 fully saturated rings. The van der Waals surface area contributed by atoms with Crippen LogP contribution in [0, 0.1) is 11.7 Å². The summed E-state index contributed by atoms with van der Waals surface area (Å²) in [5, 5.41) is 2.87. The highest BCUT2D eigenvalue weighted by atomic mass is 19.1. The summed E-state index contributed by atoms with van der Waals surface area (Å²) in [6.45, 7) is 4.10. The molecule has 2 aliphatic heterocycles. The van der Waals surface area contributed by atoms with Gasteiger partial charge in [0.05, 0.1) is 12.6 Å². The van der Waals surface area contributed by atoms with Gasteiger partial charge in [-0.05, 0) is 61.2 Å². The smallest absolute Gasteiger partial charge is 0.254 e. The van der Waals surface area contributed by atoms with Crippen LogP contribution in [-0.4, -0.2) is 78.6 Å². The zero-order valence-electron chi connectivity index (χ0n) is 21.6. The van der Waals surface area contributed by atoms with Gasteiger partial charge in [-0.1, -0.05) is 19.9 Å². The minimum atomic E-state index is -0.805. The number of carbonyl (C=O) groups is 4. The van der Waals surface area contributed by atoms with Crippen LogP contribution in [0.2, 0.25) is 0 Å². The molecular formula is C28H33FN4O4. The molecule has 2 unspecified atom stereocenters. The zero-order valence-corrected chi connectivity index (χ0v) is 21.6. The SMILES string of the molecule is CC(C)C[C@H](NC(=O)c1ccc(N(C)C)cc1)C(=O)N1CCC2C1C(=O)CN2C(=O)c1cccc(F)c1. The minimum absolute atomic E-state index is 0.120. The molecule has 2 aliphatic rings. The van der Waals surface area contributed by atoms with E-state index in [9.17, 15) is 23.6 Å². The van der Waals surface area contributed by atoms with E-state index >= 15 is 0 Å². The molecule has 0 radical (unpaired) electrons. The monoisotopic (exact) mass is 508 g/mol. The van der Waals surface area contributed by atoms with Gasteiger partial charge in [-0.25, -0.2) is 4.39 Å². The van der Waals surface area contributed by atoms with Crippen molar-refractivity contribution in [1.29, 1.82) is 0 Å². The Hall–Kier alpha value is -3.75. The fourth-order valence-electron chi connectivity index (χ4n) is 5.17. The molecule has 2 heterocycles. The average molecular weight is 509 g/mol. The fraction of sp³-hybridized carbons (Fsp3) is 0.429. The number of Topliss-reactive ketones (excluding diaryl/α,β-unsaturated/α-hetero) is 1. The first-order chi connectivity index (χ1) is 17.6. The lowest BCUT2D eigenvalue weighted by Gasteiger charge is -2.29. The quantitative estimate of drug-likeness (QED) is 0.621. The third-order valence-electron chi connectivity index (χ3n) is 6.99. The van der Waals surface area contributed by atoms with Gasteiger partial charge < -0.3 is 20.0 Å². The highest BCUT2D eigenvalue weighted by Gasteiger charge is 2.52. The van der Waals surface area contributed by atoms with Gasteiger partial charge >= 0.3 is 0 Å². The van der Waals surface area contributed by atoms with Gasteiger partial charge in [-0.15, -0.1) is 0 Å². The van der Waals surface area contributed by atoms with Crippen molar-refractivity contribution < 1.29 is 23.6 Å². The van der Waals surface area contributed by atoms with E-state index in [0.717, 1.165) is 11.8 Å². The molecule has 8 nitrogen and oxygen atoms in total. The molecule has 3 amide bonds. The Kier molecular flexibility index (Phi) is 7.61. The van der Waals surface area contributed by atoms with Crippen LogP contribution >= 0.6 is 0 Å². The number of nitrogens with one attached hydrogen (secondary N) is 1. The molecule has 2 aromatic carbocycles. The lowest BCUT2D eigenvalue weighted by atomic mass is 10.0. The zero-order chi connectivity index (χ0) is 26.9. The van der Waals surface area contributed by atoms with Gasteiger partial charge in [0.2, 0.25) is 5.91 Å². The number of hydrogen-bond acceptors (Lipinski definition) is 5. The Balaban J connectivity index is 1.50. The van der Waals surface area contributed by atoms with Crippen molar-refractivity contribution >= 4 is 29.2 Å². The number of fused-ring (bicyclic) bond motifs is 1. The van der Waals surface area contributed by atoms with Crippen LogP contribution in [0.4, 0.5) is 10.1 Å². The number of amides is 3. The molecule has 9 heteroatoms. The predicted molar refractivity (Wildman–Crippen MR) is 138 cm³/mol. The molecule has 196 valence electrons. The molecular weight excluding hydrogens is 475 g/mol. The number of anilines is 1. The van der Waals surface area contributed by atoms with Crippen molar-refractivity contribution in [2.45, 2.75) is 44.8 Å².